The fourth-order valence-electron chi connectivity index (χ4n) is 5.06. The number of unbranched alkanes of at least 4 members (excludes halogenated alkanes) is 1. The zero-order valence-electron chi connectivity index (χ0n) is 17.2. The zero-order chi connectivity index (χ0) is 20.7. The molecule has 2 heterocycles. The minimum atomic E-state index is -0.154. The molecular weight excluding hydrogens is 394 g/mol. The largest absolute Gasteiger partial charge is 0.494 e. The number of quaternary nitrogens is 1. The normalized spacial score (nSPS) is 21.6. The fourth-order valence-corrected chi connectivity index (χ4v) is 5.43. The molecule has 0 aromatic heterocycles. The minimum absolute atomic E-state index is 0.0646. The summed E-state index contributed by atoms with van der Waals surface area (Å²) in [4.78, 5) is 13.5. The number of thiocarbonyl (C=S) groups is 1. The Labute approximate surface area is 182 Å². The summed E-state index contributed by atoms with van der Waals surface area (Å²) in [5, 5.41) is 0.582. The van der Waals surface area contributed by atoms with E-state index in [1.54, 1.807) is 0 Å². The maximum atomic E-state index is 13.5. The van der Waals surface area contributed by atoms with Crippen molar-refractivity contribution in [2.24, 2.45) is 0 Å². The summed E-state index contributed by atoms with van der Waals surface area (Å²) < 4.78 is 12.8. The van der Waals surface area contributed by atoms with E-state index in [-0.39, 0.29) is 11.8 Å². The van der Waals surface area contributed by atoms with Gasteiger partial charge >= 0.3 is 5.17 Å². The Bertz CT molecular complexity index is 1050. The van der Waals surface area contributed by atoms with Gasteiger partial charge in [-0.15, -0.1) is 0 Å². The molecule has 5 heteroatoms. The second-order valence-corrected chi connectivity index (χ2v) is 8.70. The van der Waals surface area contributed by atoms with Gasteiger partial charge in [-0.3, -0.25) is 4.79 Å². The van der Waals surface area contributed by atoms with Crippen LogP contribution in [0.15, 0.2) is 54.1 Å². The first-order valence-corrected chi connectivity index (χ1v) is 11.3. The van der Waals surface area contributed by atoms with Gasteiger partial charge in [0.05, 0.1) is 19.7 Å². The molecular formula is C25H26NO3S+. The van der Waals surface area contributed by atoms with Crippen LogP contribution in [0, 0.1) is 0 Å². The molecule has 3 aliphatic rings. The van der Waals surface area contributed by atoms with Crippen LogP contribution in [0.5, 0.6) is 5.75 Å². The summed E-state index contributed by atoms with van der Waals surface area (Å²) in [6.45, 7) is 4.64. The maximum Gasteiger partial charge on any atom is 0.369 e. The first-order chi connectivity index (χ1) is 14.7. The number of rotatable bonds is 5. The average molecular weight is 421 g/mol. The summed E-state index contributed by atoms with van der Waals surface area (Å²) in [6, 6.07) is 15.7. The van der Waals surface area contributed by atoms with E-state index in [2.05, 4.69) is 19.1 Å². The smallest absolute Gasteiger partial charge is 0.369 e. The van der Waals surface area contributed by atoms with Gasteiger partial charge in [-0.2, -0.15) is 0 Å². The number of ketones is 1. The average Bonchev–Trinajstić information content (AvgIpc) is 3.35. The van der Waals surface area contributed by atoms with Gasteiger partial charge in [0.2, 0.25) is 0 Å². The molecule has 0 bridgehead atoms. The van der Waals surface area contributed by atoms with Crippen molar-refractivity contribution in [2.45, 2.75) is 38.6 Å². The van der Waals surface area contributed by atoms with E-state index < -0.39 is 0 Å². The molecule has 154 valence electrons. The lowest BCUT2D eigenvalue weighted by Crippen LogP contribution is -2.56. The monoisotopic (exact) mass is 420 g/mol. The Morgan fingerprint density at radius 3 is 2.63 bits per heavy atom. The van der Waals surface area contributed by atoms with Crippen LogP contribution in [0.3, 0.4) is 0 Å². The van der Waals surface area contributed by atoms with Crippen molar-refractivity contribution in [3.8, 4) is 5.75 Å². The van der Waals surface area contributed by atoms with Crippen LogP contribution in [0.4, 0.5) is 0 Å². The van der Waals surface area contributed by atoms with Crippen molar-refractivity contribution in [3.05, 3.63) is 70.8 Å². The van der Waals surface area contributed by atoms with E-state index in [1.165, 1.54) is 0 Å². The van der Waals surface area contributed by atoms with Crippen LogP contribution in [-0.2, 0) is 4.74 Å². The summed E-state index contributed by atoms with van der Waals surface area (Å²) in [5.74, 6) is 1.56. The van der Waals surface area contributed by atoms with Gasteiger partial charge in [-0.25, -0.2) is 4.48 Å². The van der Waals surface area contributed by atoms with E-state index in [9.17, 15) is 4.79 Å². The Morgan fingerprint density at radius 1 is 1.10 bits per heavy atom. The third-order valence-corrected chi connectivity index (χ3v) is 6.98. The summed E-state index contributed by atoms with van der Waals surface area (Å²) in [7, 11) is 0. The molecule has 1 spiro atoms. The predicted octanol–water partition coefficient (Wildman–Crippen LogP) is 5.44. The lowest BCUT2D eigenvalue weighted by atomic mass is 9.91. The third-order valence-electron chi connectivity index (χ3n) is 6.53. The van der Waals surface area contributed by atoms with Crippen LogP contribution in [0.25, 0.3) is 5.76 Å². The second kappa shape index (κ2) is 7.64. The molecule has 2 aliphatic heterocycles. The number of nitrogens with zero attached hydrogens (tertiary/aromatic N) is 1. The van der Waals surface area contributed by atoms with E-state index in [1.807, 2.05) is 36.4 Å². The molecule has 1 saturated heterocycles. The van der Waals surface area contributed by atoms with Gasteiger partial charge in [0.25, 0.3) is 0 Å². The van der Waals surface area contributed by atoms with Crippen LogP contribution in [-0.4, -0.2) is 35.1 Å². The number of hydrogen-bond acceptors (Lipinski definition) is 4. The Morgan fingerprint density at radius 2 is 1.87 bits per heavy atom. The standard InChI is InChI=1S/C25H26NO3S/c1-2-3-15-28-18-10-8-9-17(16-18)22-21-23(27)19-11-4-5-12-20(19)24(21)29-25(30)26(22)13-6-7-14-26/h4-5,8-12,16,22H,2-3,6-7,13-15H2,1H3/q+1. The summed E-state index contributed by atoms with van der Waals surface area (Å²) >= 11 is 5.84. The number of fused-ring (bicyclic) bond motifs is 2. The van der Waals surface area contributed by atoms with Crippen molar-refractivity contribution in [1.82, 2.24) is 0 Å². The Hall–Kier alpha value is -2.50. The van der Waals surface area contributed by atoms with Gasteiger partial charge in [0, 0.05) is 41.7 Å². The molecule has 1 unspecified atom stereocenters. The van der Waals surface area contributed by atoms with Gasteiger partial charge < -0.3 is 9.47 Å². The molecule has 2 aromatic rings. The highest BCUT2D eigenvalue weighted by molar-refractivity contribution is 7.79. The number of Topliss-reactive ketones (excluding diaryl/α,β-unsaturated/α-hetero) is 1. The molecule has 0 saturated carbocycles. The topological polar surface area (TPSA) is 35.5 Å². The van der Waals surface area contributed by atoms with Crippen molar-refractivity contribution in [2.75, 3.05) is 19.7 Å². The quantitative estimate of drug-likeness (QED) is 0.367. The molecule has 0 amide bonds. The number of benzene rings is 2. The van der Waals surface area contributed by atoms with E-state index >= 15 is 0 Å². The van der Waals surface area contributed by atoms with Crippen LogP contribution in [0.2, 0.25) is 0 Å². The molecule has 0 N–H and O–H groups in total. The van der Waals surface area contributed by atoms with Crippen molar-refractivity contribution in [3.63, 3.8) is 0 Å². The zero-order valence-corrected chi connectivity index (χ0v) is 18.0. The molecule has 5 rings (SSSR count). The second-order valence-electron chi connectivity index (χ2n) is 8.35. The molecule has 0 radical (unpaired) electrons. The SMILES string of the molecule is CCCCOc1cccc(C2C3=C(OC(=S)[N+]24CCCC4)c2ccccc2C3=O)c1. The highest BCUT2D eigenvalue weighted by atomic mass is 32.1. The number of hydrogen-bond donors (Lipinski definition) is 0. The van der Waals surface area contributed by atoms with Gasteiger partial charge in [-0.05, 0) is 18.6 Å². The first kappa shape index (κ1) is 19.5. The van der Waals surface area contributed by atoms with Gasteiger partial charge in [-0.1, -0.05) is 49.7 Å². The molecule has 2 aromatic carbocycles. The van der Waals surface area contributed by atoms with Crippen molar-refractivity contribution >= 4 is 28.9 Å². The Kier molecular flexibility index (Phi) is 4.95. The lowest BCUT2D eigenvalue weighted by molar-refractivity contribution is -0.862. The number of carbonyl (C=O) groups is 1. The van der Waals surface area contributed by atoms with Crippen LogP contribution < -0.4 is 4.74 Å². The molecule has 1 atom stereocenters. The summed E-state index contributed by atoms with van der Waals surface area (Å²) in [6.07, 6.45) is 4.28. The van der Waals surface area contributed by atoms with E-state index in [0.717, 1.165) is 61.2 Å². The van der Waals surface area contributed by atoms with Crippen molar-refractivity contribution in [1.29, 1.82) is 0 Å². The fraction of sp³-hybridized carbons (Fsp3) is 0.360. The highest BCUT2D eigenvalue weighted by Gasteiger charge is 2.56. The maximum absolute atomic E-state index is 13.5. The van der Waals surface area contributed by atoms with Crippen molar-refractivity contribution < 1.29 is 18.8 Å². The molecule has 30 heavy (non-hydrogen) atoms. The first-order valence-electron chi connectivity index (χ1n) is 10.9. The van der Waals surface area contributed by atoms with Gasteiger partial charge in [0.15, 0.2) is 17.6 Å². The summed E-state index contributed by atoms with van der Waals surface area (Å²) in [5.41, 5.74) is 3.39. The highest BCUT2D eigenvalue weighted by Crippen LogP contribution is 2.51. The predicted molar refractivity (Wildman–Crippen MR) is 120 cm³/mol. The minimum Gasteiger partial charge on any atom is -0.494 e. The van der Waals surface area contributed by atoms with Crippen LogP contribution in [0.1, 0.15) is 60.1 Å². The number of ether oxygens (including phenoxy) is 2. The number of carbonyl (C=O) groups excluding carboxylic acids is 1. The van der Waals surface area contributed by atoms with E-state index in [0.29, 0.717) is 27.6 Å². The van der Waals surface area contributed by atoms with Gasteiger partial charge in [0.1, 0.15) is 11.3 Å². The molecule has 1 fully saturated rings. The third kappa shape index (κ3) is 2.91. The molecule has 4 nitrogen and oxygen atoms in total. The lowest BCUT2D eigenvalue weighted by Gasteiger charge is -2.43. The van der Waals surface area contributed by atoms with Crippen LogP contribution >= 0.6 is 12.2 Å². The molecule has 1 aliphatic carbocycles. The Balaban J connectivity index is 1.64. The van der Waals surface area contributed by atoms with E-state index in [4.69, 9.17) is 21.7 Å².